The number of ether oxygens (including phenoxy) is 3. The maximum Gasteiger partial charge on any atom is 0.337 e. The fourth-order valence-electron chi connectivity index (χ4n) is 2.64. The Balaban J connectivity index is 2.04. The van der Waals surface area contributed by atoms with Gasteiger partial charge < -0.3 is 19.3 Å². The van der Waals surface area contributed by atoms with Crippen molar-refractivity contribution in [1.29, 1.82) is 0 Å². The highest BCUT2D eigenvalue weighted by Gasteiger charge is 2.44. The first-order valence-electron chi connectivity index (χ1n) is 7.63. The summed E-state index contributed by atoms with van der Waals surface area (Å²) in [5.41, 5.74) is -0.497. The summed E-state index contributed by atoms with van der Waals surface area (Å²) in [6, 6.07) is 7.43. The average Bonchev–Trinajstić information content (AvgIpc) is 2.59. The van der Waals surface area contributed by atoms with Gasteiger partial charge in [0.25, 0.3) is 5.56 Å². The first-order chi connectivity index (χ1) is 11.8. The van der Waals surface area contributed by atoms with Crippen molar-refractivity contribution in [2.24, 2.45) is 0 Å². The normalized spacial score (nSPS) is 21.0. The molecular weight excluding hydrogens is 328 g/mol. The van der Waals surface area contributed by atoms with E-state index in [1.165, 1.54) is 19.2 Å². The molecule has 2 aromatic rings. The molecular formula is C17H18N2O6. The number of aromatic amines is 1. The Morgan fingerprint density at radius 1 is 1.32 bits per heavy atom. The van der Waals surface area contributed by atoms with Crippen LogP contribution in [0.25, 0.3) is 0 Å². The summed E-state index contributed by atoms with van der Waals surface area (Å²) in [6.45, 7) is 3.46. The van der Waals surface area contributed by atoms with E-state index in [1.54, 1.807) is 32.0 Å². The number of nitrogens with zero attached hydrogens (tertiary/aromatic N) is 1. The number of aliphatic hydroxyl groups is 1. The average molecular weight is 346 g/mol. The second-order valence-electron chi connectivity index (χ2n) is 6.19. The number of methoxy groups -OCH3 is 1. The third-order valence-corrected chi connectivity index (χ3v) is 4.01. The quantitative estimate of drug-likeness (QED) is 0.804. The molecule has 0 saturated carbocycles. The Morgan fingerprint density at radius 3 is 2.72 bits per heavy atom. The van der Waals surface area contributed by atoms with Crippen molar-refractivity contribution in [3.63, 3.8) is 0 Å². The van der Waals surface area contributed by atoms with E-state index >= 15 is 0 Å². The number of hydrogen-bond acceptors (Lipinski definition) is 7. The Labute approximate surface area is 143 Å². The van der Waals surface area contributed by atoms with Gasteiger partial charge in [0.05, 0.1) is 12.7 Å². The van der Waals surface area contributed by atoms with Gasteiger partial charge in [0.15, 0.2) is 6.10 Å². The minimum atomic E-state index is -1.04. The smallest absolute Gasteiger partial charge is 0.337 e. The minimum Gasteiger partial charge on any atom is -0.485 e. The number of aliphatic hydroxyl groups excluding tert-OH is 1. The molecule has 0 aliphatic carbocycles. The van der Waals surface area contributed by atoms with Crippen LogP contribution < -0.4 is 15.0 Å². The molecule has 0 unspecified atom stereocenters. The number of H-pyrrole nitrogens is 1. The number of carbonyl (C=O) groups is 1. The third-order valence-electron chi connectivity index (χ3n) is 4.01. The molecule has 1 aromatic heterocycles. The fourth-order valence-corrected chi connectivity index (χ4v) is 2.64. The number of nitrogens with one attached hydrogen (secondary N) is 1. The maximum atomic E-state index is 11.8. The van der Waals surface area contributed by atoms with Crippen LogP contribution in [0.15, 0.2) is 35.1 Å². The van der Waals surface area contributed by atoms with Crippen molar-refractivity contribution in [2.45, 2.75) is 31.7 Å². The molecule has 2 heterocycles. The predicted octanol–water partition coefficient (Wildman–Crippen LogP) is 1.21. The highest BCUT2D eigenvalue weighted by Crippen LogP contribution is 2.42. The number of hydrogen-bond donors (Lipinski definition) is 2. The summed E-state index contributed by atoms with van der Waals surface area (Å²) in [4.78, 5) is 22.9. The van der Waals surface area contributed by atoms with Gasteiger partial charge in [-0.25, -0.2) is 9.89 Å². The number of esters is 1. The molecule has 1 aliphatic heterocycles. The molecule has 0 spiro atoms. The molecule has 25 heavy (non-hydrogen) atoms. The van der Waals surface area contributed by atoms with E-state index in [0.29, 0.717) is 16.9 Å². The molecule has 0 amide bonds. The number of carbonyl (C=O) groups excluding carboxylic acids is 1. The van der Waals surface area contributed by atoms with Gasteiger partial charge in [-0.3, -0.25) is 4.79 Å². The Kier molecular flexibility index (Phi) is 4.22. The minimum absolute atomic E-state index is 0.135. The highest BCUT2D eigenvalue weighted by molar-refractivity contribution is 5.89. The lowest BCUT2D eigenvalue weighted by Gasteiger charge is -2.41. The van der Waals surface area contributed by atoms with E-state index in [9.17, 15) is 14.7 Å². The molecule has 0 fully saturated rings. The molecule has 0 radical (unpaired) electrons. The van der Waals surface area contributed by atoms with Gasteiger partial charge in [-0.15, -0.1) is 5.10 Å². The topological polar surface area (TPSA) is 111 Å². The fraction of sp³-hybridized carbons (Fsp3) is 0.353. The number of fused-ring (bicyclic) bond motifs is 1. The van der Waals surface area contributed by atoms with Gasteiger partial charge in [-0.1, -0.05) is 0 Å². The lowest BCUT2D eigenvalue weighted by molar-refractivity contribution is -0.104. The monoisotopic (exact) mass is 346 g/mol. The molecule has 3 rings (SSSR count). The van der Waals surface area contributed by atoms with E-state index in [2.05, 4.69) is 10.2 Å². The van der Waals surface area contributed by atoms with Gasteiger partial charge in [-0.2, -0.15) is 0 Å². The number of rotatable bonds is 3. The SMILES string of the molecule is COC(=O)c1ccc2c(c1)[C@@H](Oc1ccc(=O)[nH]n1)[C@H](O)C(C)(C)O2. The lowest BCUT2D eigenvalue weighted by Crippen LogP contribution is -2.50. The molecule has 2 N–H and O–H groups in total. The Morgan fingerprint density at radius 2 is 2.08 bits per heavy atom. The van der Waals surface area contributed by atoms with Crippen LogP contribution in [0.3, 0.4) is 0 Å². The van der Waals surface area contributed by atoms with Crippen LogP contribution in [0.5, 0.6) is 11.6 Å². The van der Waals surface area contributed by atoms with Gasteiger partial charge in [-0.05, 0) is 32.0 Å². The summed E-state index contributed by atoms with van der Waals surface area (Å²) in [5.74, 6) is 0.108. The van der Waals surface area contributed by atoms with E-state index < -0.39 is 23.8 Å². The van der Waals surface area contributed by atoms with Gasteiger partial charge in [0.2, 0.25) is 5.88 Å². The summed E-state index contributed by atoms with van der Waals surface area (Å²) in [5, 5.41) is 16.7. The second-order valence-corrected chi connectivity index (χ2v) is 6.19. The van der Waals surface area contributed by atoms with Crippen LogP contribution in [0, 0.1) is 0 Å². The van der Waals surface area contributed by atoms with Gasteiger partial charge >= 0.3 is 5.97 Å². The lowest BCUT2D eigenvalue weighted by atomic mass is 9.87. The molecule has 0 bridgehead atoms. The van der Waals surface area contributed by atoms with Crippen LogP contribution in [0.1, 0.15) is 35.9 Å². The molecule has 1 aromatic carbocycles. The summed E-state index contributed by atoms with van der Waals surface area (Å²) >= 11 is 0. The molecule has 0 saturated heterocycles. The van der Waals surface area contributed by atoms with Crippen molar-refractivity contribution < 1.29 is 24.1 Å². The number of aromatic nitrogens is 2. The molecule has 1 aliphatic rings. The third kappa shape index (κ3) is 3.20. The van der Waals surface area contributed by atoms with Crippen molar-refractivity contribution >= 4 is 5.97 Å². The zero-order valence-corrected chi connectivity index (χ0v) is 14.0. The zero-order chi connectivity index (χ0) is 18.2. The van der Waals surface area contributed by atoms with Crippen LogP contribution in [-0.4, -0.2) is 40.1 Å². The summed E-state index contributed by atoms with van der Waals surface area (Å²) in [7, 11) is 1.29. The number of benzene rings is 1. The molecule has 8 nitrogen and oxygen atoms in total. The Hall–Kier alpha value is -2.87. The van der Waals surface area contributed by atoms with E-state index in [0.717, 1.165) is 0 Å². The van der Waals surface area contributed by atoms with E-state index in [-0.39, 0.29) is 11.4 Å². The molecule has 132 valence electrons. The van der Waals surface area contributed by atoms with E-state index in [1.807, 2.05) is 0 Å². The first-order valence-corrected chi connectivity index (χ1v) is 7.63. The highest BCUT2D eigenvalue weighted by atomic mass is 16.5. The summed E-state index contributed by atoms with van der Waals surface area (Å²) < 4.78 is 16.3. The van der Waals surface area contributed by atoms with Gasteiger partial charge in [0, 0.05) is 17.7 Å². The van der Waals surface area contributed by atoms with Crippen molar-refractivity contribution in [1.82, 2.24) is 10.2 Å². The predicted molar refractivity (Wildman–Crippen MR) is 86.7 cm³/mol. The molecule has 2 atom stereocenters. The van der Waals surface area contributed by atoms with E-state index in [4.69, 9.17) is 14.2 Å². The van der Waals surface area contributed by atoms with Crippen molar-refractivity contribution in [2.75, 3.05) is 7.11 Å². The maximum absolute atomic E-state index is 11.8. The second kappa shape index (κ2) is 6.21. The van der Waals surface area contributed by atoms with Gasteiger partial charge in [0.1, 0.15) is 17.5 Å². The van der Waals surface area contributed by atoms with Crippen molar-refractivity contribution in [3.05, 3.63) is 51.8 Å². The summed E-state index contributed by atoms with van der Waals surface area (Å²) in [6.07, 6.45) is -1.89. The van der Waals surface area contributed by atoms with Crippen LogP contribution in [-0.2, 0) is 4.74 Å². The van der Waals surface area contributed by atoms with Crippen LogP contribution in [0.4, 0.5) is 0 Å². The first kappa shape index (κ1) is 17.0. The largest absolute Gasteiger partial charge is 0.485 e. The van der Waals surface area contributed by atoms with Crippen LogP contribution >= 0.6 is 0 Å². The molecule has 8 heteroatoms. The van der Waals surface area contributed by atoms with Crippen molar-refractivity contribution in [3.8, 4) is 11.6 Å². The standard InChI is InChI=1S/C17H18N2O6/c1-17(2)15(21)14(24-13-7-6-12(20)18-19-13)10-8-9(16(22)23-3)4-5-11(10)25-17/h4-8,14-15,21H,1-3H3,(H,18,20)/t14-,15+/m1/s1. The zero-order valence-electron chi connectivity index (χ0n) is 14.0. The van der Waals surface area contributed by atoms with Crippen LogP contribution in [0.2, 0.25) is 0 Å². The Bertz CT molecular complexity index is 840.